The summed E-state index contributed by atoms with van der Waals surface area (Å²) in [5, 5.41) is 21.5. The summed E-state index contributed by atoms with van der Waals surface area (Å²) in [7, 11) is 0. The number of hydrogen-bond acceptors (Lipinski definition) is 3. The number of hydrogen-bond donors (Lipinski definition) is 0. The van der Waals surface area contributed by atoms with Crippen molar-refractivity contribution < 1.29 is 4.92 Å². The first-order valence-electron chi connectivity index (χ1n) is 8.33. The van der Waals surface area contributed by atoms with Crippen LogP contribution in [0.5, 0.6) is 0 Å². The zero-order chi connectivity index (χ0) is 20.4. The van der Waals surface area contributed by atoms with Gasteiger partial charge in [0, 0.05) is 23.5 Å². The van der Waals surface area contributed by atoms with Crippen LogP contribution < -0.4 is 0 Å². The molecular formula is C21H15Cl2N3O2. The molecule has 2 aromatic carbocycles. The van der Waals surface area contributed by atoms with Crippen LogP contribution in [0.15, 0.2) is 48.5 Å². The molecule has 3 aromatic rings. The van der Waals surface area contributed by atoms with Gasteiger partial charge in [0.15, 0.2) is 0 Å². The molecule has 0 saturated carbocycles. The van der Waals surface area contributed by atoms with E-state index < -0.39 is 4.92 Å². The van der Waals surface area contributed by atoms with E-state index in [1.807, 2.05) is 36.6 Å². The average molecular weight is 412 g/mol. The maximum Gasteiger partial charge on any atom is 0.270 e. The van der Waals surface area contributed by atoms with Crippen LogP contribution in [0, 0.1) is 35.3 Å². The third-order valence-electron chi connectivity index (χ3n) is 4.43. The molecule has 140 valence electrons. The second-order valence-electron chi connectivity index (χ2n) is 6.21. The SMILES string of the molecule is Cc1cc(C=C(C#N)c2cccc([N+](=O)[O-])c2)c(C)n1-c1cccc(Cl)c1Cl. The van der Waals surface area contributed by atoms with E-state index in [4.69, 9.17) is 23.2 Å². The molecule has 0 N–H and O–H groups in total. The zero-order valence-corrected chi connectivity index (χ0v) is 16.6. The molecule has 0 fully saturated rings. The van der Waals surface area contributed by atoms with E-state index in [0.717, 1.165) is 22.6 Å². The van der Waals surface area contributed by atoms with Crippen LogP contribution in [-0.4, -0.2) is 9.49 Å². The molecule has 0 atom stereocenters. The van der Waals surface area contributed by atoms with Crippen molar-refractivity contribution in [1.29, 1.82) is 5.26 Å². The second kappa shape index (κ2) is 7.89. The molecule has 0 bridgehead atoms. The first-order chi connectivity index (χ1) is 13.3. The van der Waals surface area contributed by atoms with Crippen molar-refractivity contribution in [3.05, 3.63) is 91.2 Å². The largest absolute Gasteiger partial charge is 0.316 e. The molecule has 28 heavy (non-hydrogen) atoms. The Kier molecular flexibility index (Phi) is 5.55. The number of aryl methyl sites for hydroxylation is 1. The summed E-state index contributed by atoms with van der Waals surface area (Å²) in [5.41, 5.74) is 4.12. The van der Waals surface area contributed by atoms with E-state index in [-0.39, 0.29) is 5.69 Å². The number of halogens is 2. The van der Waals surface area contributed by atoms with Gasteiger partial charge in [0.2, 0.25) is 0 Å². The van der Waals surface area contributed by atoms with Crippen LogP contribution in [0.1, 0.15) is 22.5 Å². The maximum absolute atomic E-state index is 11.0. The minimum Gasteiger partial charge on any atom is -0.316 e. The predicted molar refractivity (Wildman–Crippen MR) is 112 cm³/mol. The van der Waals surface area contributed by atoms with Gasteiger partial charge in [-0.3, -0.25) is 10.1 Å². The van der Waals surface area contributed by atoms with Crippen molar-refractivity contribution in [2.45, 2.75) is 13.8 Å². The van der Waals surface area contributed by atoms with Crippen molar-refractivity contribution in [2.75, 3.05) is 0 Å². The van der Waals surface area contributed by atoms with Crippen LogP contribution in [0.25, 0.3) is 17.3 Å². The molecule has 0 aliphatic heterocycles. The molecule has 0 unspecified atom stereocenters. The lowest BCUT2D eigenvalue weighted by Gasteiger charge is -2.12. The minimum absolute atomic E-state index is 0.0603. The molecule has 0 spiro atoms. The van der Waals surface area contributed by atoms with E-state index in [9.17, 15) is 15.4 Å². The summed E-state index contributed by atoms with van der Waals surface area (Å²) in [6, 6.07) is 15.5. The first-order valence-corrected chi connectivity index (χ1v) is 9.09. The molecule has 0 aliphatic rings. The molecule has 0 aliphatic carbocycles. The van der Waals surface area contributed by atoms with E-state index >= 15 is 0 Å². The third-order valence-corrected chi connectivity index (χ3v) is 5.24. The van der Waals surface area contributed by atoms with Crippen molar-refractivity contribution in [3.63, 3.8) is 0 Å². The number of benzene rings is 2. The summed E-state index contributed by atoms with van der Waals surface area (Å²) < 4.78 is 1.96. The molecular weight excluding hydrogens is 397 g/mol. The van der Waals surface area contributed by atoms with Gasteiger partial charge in [-0.05, 0) is 49.2 Å². The Balaban J connectivity index is 2.12. The molecule has 1 aromatic heterocycles. The number of nitro groups is 1. The minimum atomic E-state index is -0.481. The predicted octanol–water partition coefficient (Wildman–Crippen LogP) is 6.37. The van der Waals surface area contributed by atoms with Gasteiger partial charge in [-0.2, -0.15) is 5.26 Å². The third kappa shape index (κ3) is 3.65. The van der Waals surface area contributed by atoms with Crippen molar-refractivity contribution in [2.24, 2.45) is 0 Å². The maximum atomic E-state index is 11.0. The Morgan fingerprint density at radius 3 is 2.57 bits per heavy atom. The molecule has 1 heterocycles. The molecule has 0 radical (unpaired) electrons. The second-order valence-corrected chi connectivity index (χ2v) is 7.00. The molecule has 5 nitrogen and oxygen atoms in total. The molecule has 0 saturated heterocycles. The Bertz CT molecular complexity index is 1160. The standard InChI is InChI=1S/C21H15Cl2N3O2/c1-13-9-16(14(2)25(13)20-8-4-7-19(22)21(20)23)10-17(12-24)15-5-3-6-18(11-15)26(27)28/h3-11H,1-2H3. The van der Waals surface area contributed by atoms with E-state index in [1.165, 1.54) is 12.1 Å². The summed E-state index contributed by atoms with van der Waals surface area (Å²) in [6.45, 7) is 3.85. The quantitative estimate of drug-likeness (QED) is 0.284. The highest BCUT2D eigenvalue weighted by Crippen LogP contribution is 2.32. The number of rotatable bonds is 4. The lowest BCUT2D eigenvalue weighted by Crippen LogP contribution is -2.00. The van der Waals surface area contributed by atoms with Crippen LogP contribution in [0.4, 0.5) is 5.69 Å². The van der Waals surface area contributed by atoms with Crippen LogP contribution in [0.3, 0.4) is 0 Å². The van der Waals surface area contributed by atoms with Crippen molar-refractivity contribution >= 4 is 40.5 Å². The number of nitrogens with zero attached hydrogens (tertiary/aromatic N) is 3. The van der Waals surface area contributed by atoms with Crippen molar-refractivity contribution in [1.82, 2.24) is 4.57 Å². The highest BCUT2D eigenvalue weighted by Gasteiger charge is 2.15. The van der Waals surface area contributed by atoms with E-state index in [2.05, 4.69) is 6.07 Å². The highest BCUT2D eigenvalue weighted by atomic mass is 35.5. The topological polar surface area (TPSA) is 71.9 Å². The fourth-order valence-corrected chi connectivity index (χ4v) is 3.47. The van der Waals surface area contributed by atoms with Gasteiger partial charge >= 0.3 is 0 Å². The van der Waals surface area contributed by atoms with Crippen LogP contribution >= 0.6 is 23.2 Å². The van der Waals surface area contributed by atoms with E-state index in [0.29, 0.717) is 21.2 Å². The van der Waals surface area contributed by atoms with Crippen LogP contribution in [-0.2, 0) is 0 Å². The highest BCUT2D eigenvalue weighted by molar-refractivity contribution is 6.43. The van der Waals surface area contributed by atoms with Crippen LogP contribution in [0.2, 0.25) is 10.0 Å². The lowest BCUT2D eigenvalue weighted by molar-refractivity contribution is -0.384. The summed E-state index contributed by atoms with van der Waals surface area (Å²) in [5.74, 6) is 0. The molecule has 7 heteroatoms. The smallest absolute Gasteiger partial charge is 0.270 e. The van der Waals surface area contributed by atoms with E-state index in [1.54, 1.807) is 24.3 Å². The summed E-state index contributed by atoms with van der Waals surface area (Å²) in [6.07, 6.45) is 1.72. The Morgan fingerprint density at radius 2 is 1.89 bits per heavy atom. The molecule has 0 amide bonds. The van der Waals surface area contributed by atoms with Gasteiger partial charge in [0.05, 0.1) is 32.3 Å². The fraction of sp³-hybridized carbons (Fsp3) is 0.0952. The number of nitriles is 1. The zero-order valence-electron chi connectivity index (χ0n) is 15.1. The van der Waals surface area contributed by atoms with Gasteiger partial charge in [-0.25, -0.2) is 0 Å². The Labute approximate surface area is 172 Å². The fourth-order valence-electron chi connectivity index (χ4n) is 3.09. The summed E-state index contributed by atoms with van der Waals surface area (Å²) in [4.78, 5) is 10.5. The van der Waals surface area contributed by atoms with Gasteiger partial charge in [-0.15, -0.1) is 0 Å². The number of nitro benzene ring substituents is 1. The van der Waals surface area contributed by atoms with Gasteiger partial charge in [0.25, 0.3) is 5.69 Å². The Hall–Kier alpha value is -3.07. The normalized spacial score (nSPS) is 11.3. The number of non-ortho nitro benzene ring substituents is 1. The van der Waals surface area contributed by atoms with Gasteiger partial charge in [0.1, 0.15) is 0 Å². The number of allylic oxidation sites excluding steroid dienone is 1. The molecule has 3 rings (SSSR count). The summed E-state index contributed by atoms with van der Waals surface area (Å²) >= 11 is 12.5. The average Bonchev–Trinajstić information content (AvgIpc) is 2.95. The monoisotopic (exact) mass is 411 g/mol. The number of aromatic nitrogens is 1. The Morgan fingerprint density at radius 1 is 1.18 bits per heavy atom. The first kappa shape index (κ1) is 19.7. The lowest BCUT2D eigenvalue weighted by atomic mass is 10.0. The van der Waals surface area contributed by atoms with Gasteiger partial charge in [-0.1, -0.05) is 41.4 Å². The van der Waals surface area contributed by atoms with Gasteiger partial charge < -0.3 is 4.57 Å². The van der Waals surface area contributed by atoms with Crippen molar-refractivity contribution in [3.8, 4) is 11.8 Å².